The second-order valence-electron chi connectivity index (χ2n) is 11.4. The van der Waals surface area contributed by atoms with Gasteiger partial charge in [0.05, 0.1) is 23.1 Å². The van der Waals surface area contributed by atoms with Crippen molar-refractivity contribution in [2.45, 2.75) is 66.0 Å². The highest BCUT2D eigenvalue weighted by molar-refractivity contribution is 5.96. The molecule has 2 heterocycles. The molecule has 0 spiro atoms. The largest absolute Gasteiger partial charge is 0.351 e. The summed E-state index contributed by atoms with van der Waals surface area (Å²) in [6, 6.07) is 21.9. The van der Waals surface area contributed by atoms with Crippen LogP contribution in [0.15, 0.2) is 66.7 Å². The van der Waals surface area contributed by atoms with E-state index in [0.29, 0.717) is 26.2 Å². The third kappa shape index (κ3) is 6.16. The minimum Gasteiger partial charge on any atom is -0.351 e. The fourth-order valence-electron chi connectivity index (χ4n) is 5.44. The average Bonchev–Trinajstić information content (AvgIpc) is 2.93. The summed E-state index contributed by atoms with van der Waals surface area (Å²) in [6.07, 6.45) is 0. The van der Waals surface area contributed by atoms with E-state index in [9.17, 15) is 9.59 Å². The molecule has 3 aromatic carbocycles. The topological polar surface area (TPSA) is 95.2 Å². The van der Waals surface area contributed by atoms with Gasteiger partial charge in [-0.15, -0.1) is 0 Å². The molecule has 5 rings (SSSR count). The van der Waals surface area contributed by atoms with Crippen molar-refractivity contribution in [3.05, 3.63) is 89.0 Å². The van der Waals surface area contributed by atoms with Crippen LogP contribution in [0.25, 0.3) is 21.8 Å². The summed E-state index contributed by atoms with van der Waals surface area (Å²) in [4.78, 5) is 31.7. The van der Waals surface area contributed by atoms with Crippen molar-refractivity contribution in [2.24, 2.45) is 11.8 Å². The minimum atomic E-state index is -0.336. The lowest BCUT2D eigenvalue weighted by Gasteiger charge is -2.23. The van der Waals surface area contributed by atoms with Crippen LogP contribution in [0, 0.1) is 11.8 Å². The van der Waals surface area contributed by atoms with Crippen molar-refractivity contribution in [1.82, 2.24) is 26.3 Å². The summed E-state index contributed by atoms with van der Waals surface area (Å²) in [5, 5.41) is 15.3. The maximum atomic E-state index is 13.3. The van der Waals surface area contributed by atoms with Gasteiger partial charge in [0.25, 0.3) is 0 Å². The Morgan fingerprint density at radius 1 is 0.625 bits per heavy atom. The first kappa shape index (κ1) is 27.7. The molecule has 0 fully saturated rings. The van der Waals surface area contributed by atoms with Gasteiger partial charge in [-0.2, -0.15) is 0 Å². The highest BCUT2D eigenvalue weighted by atomic mass is 16.2. The molecule has 0 unspecified atom stereocenters. The van der Waals surface area contributed by atoms with E-state index >= 15 is 0 Å². The van der Waals surface area contributed by atoms with Gasteiger partial charge in [0.1, 0.15) is 0 Å². The van der Waals surface area contributed by atoms with Crippen molar-refractivity contribution in [1.29, 1.82) is 0 Å². The number of hydrogen-bond donors (Lipinski definition) is 4. The van der Waals surface area contributed by atoms with E-state index in [2.05, 4.69) is 73.2 Å². The molecule has 1 aromatic heterocycles. The molecular weight excluding hydrogens is 498 g/mol. The number of rotatable bonds is 2. The number of amides is 2. The van der Waals surface area contributed by atoms with Gasteiger partial charge in [-0.1, -0.05) is 88.4 Å². The number of fused-ring (bicyclic) bond motifs is 2. The van der Waals surface area contributed by atoms with E-state index < -0.39 is 0 Å². The lowest BCUT2D eigenvalue weighted by atomic mass is 10.0. The maximum Gasteiger partial charge on any atom is 0.237 e. The van der Waals surface area contributed by atoms with Crippen LogP contribution in [0.3, 0.4) is 0 Å². The van der Waals surface area contributed by atoms with Crippen molar-refractivity contribution < 1.29 is 9.59 Å². The summed E-state index contributed by atoms with van der Waals surface area (Å²) in [5.41, 5.74) is 5.82. The van der Waals surface area contributed by atoms with Crippen molar-refractivity contribution in [2.75, 3.05) is 0 Å². The van der Waals surface area contributed by atoms with Crippen LogP contribution >= 0.6 is 0 Å². The average molecular weight is 538 g/mol. The highest BCUT2D eigenvalue weighted by Crippen LogP contribution is 2.25. The van der Waals surface area contributed by atoms with E-state index in [1.54, 1.807) is 0 Å². The Kier molecular flexibility index (Phi) is 8.43. The lowest BCUT2D eigenvalue weighted by molar-refractivity contribution is -0.125. The van der Waals surface area contributed by atoms with E-state index in [0.717, 1.165) is 44.1 Å². The molecule has 4 N–H and O–H groups in total. The summed E-state index contributed by atoms with van der Waals surface area (Å²) < 4.78 is 0. The molecule has 7 heteroatoms. The summed E-state index contributed by atoms with van der Waals surface area (Å²) in [6.45, 7) is 10.1. The van der Waals surface area contributed by atoms with Crippen molar-refractivity contribution >= 4 is 33.6 Å². The second kappa shape index (κ2) is 12.1. The van der Waals surface area contributed by atoms with Crippen LogP contribution in [-0.2, 0) is 35.8 Å². The number of aromatic nitrogens is 1. The fraction of sp³-hybridized carbons (Fsp3) is 0.364. The van der Waals surface area contributed by atoms with E-state index in [4.69, 9.17) is 4.98 Å². The zero-order valence-electron chi connectivity index (χ0n) is 23.8. The minimum absolute atomic E-state index is 0.0248. The Bertz CT molecular complexity index is 1420. The quantitative estimate of drug-likeness (QED) is 0.281. The van der Waals surface area contributed by atoms with Gasteiger partial charge in [0, 0.05) is 37.0 Å². The van der Waals surface area contributed by atoms with Crippen LogP contribution < -0.4 is 21.3 Å². The van der Waals surface area contributed by atoms with Crippen LogP contribution in [0.5, 0.6) is 0 Å². The number of benzene rings is 3. The van der Waals surface area contributed by atoms with E-state index in [1.165, 1.54) is 0 Å². The third-order valence-electron chi connectivity index (χ3n) is 7.68. The summed E-state index contributed by atoms with van der Waals surface area (Å²) in [7, 11) is 0. The first-order valence-electron chi connectivity index (χ1n) is 14.2. The van der Waals surface area contributed by atoms with Gasteiger partial charge in [-0.25, -0.2) is 4.98 Å². The monoisotopic (exact) mass is 537 g/mol. The Morgan fingerprint density at radius 2 is 1.07 bits per heavy atom. The first-order chi connectivity index (χ1) is 19.3. The van der Waals surface area contributed by atoms with Gasteiger partial charge < -0.3 is 21.3 Å². The molecule has 1 aliphatic rings. The molecule has 208 valence electrons. The van der Waals surface area contributed by atoms with Crippen molar-refractivity contribution in [3.63, 3.8) is 0 Å². The second-order valence-corrected chi connectivity index (χ2v) is 11.4. The zero-order chi connectivity index (χ0) is 28.2. The number of carbonyl (C=O) groups excluding carboxylic acids is 2. The summed E-state index contributed by atoms with van der Waals surface area (Å²) >= 11 is 0. The fourth-order valence-corrected chi connectivity index (χ4v) is 5.44. The van der Waals surface area contributed by atoms with E-state index in [-0.39, 0.29) is 35.7 Å². The molecule has 4 aromatic rings. The highest BCUT2D eigenvalue weighted by Gasteiger charge is 2.23. The standard InChI is InChI=1S/C33H39N5O2/c1-20(2)28-32(39)36-18-26-12-6-10-24-15-25-11-7-13-27(31(25)38-30(24)26)19-37-33(40)29(21(3)4)35-17-23-9-5-8-22(14-23)16-34-28/h5-15,20-21,28-29,34-35H,16-19H2,1-4H3,(H,36,39)(H,37,40)/t28-,29-/m0/s1. The Labute approximate surface area is 236 Å². The molecule has 2 atom stereocenters. The molecule has 40 heavy (non-hydrogen) atoms. The number of para-hydroxylation sites is 2. The van der Waals surface area contributed by atoms with Crippen LogP contribution in [0.4, 0.5) is 0 Å². The van der Waals surface area contributed by atoms with Crippen molar-refractivity contribution in [3.8, 4) is 0 Å². The van der Waals surface area contributed by atoms with Gasteiger partial charge in [-0.3, -0.25) is 9.59 Å². The molecule has 0 saturated carbocycles. The smallest absolute Gasteiger partial charge is 0.237 e. The number of nitrogens with one attached hydrogen (secondary N) is 4. The Morgan fingerprint density at radius 3 is 1.52 bits per heavy atom. The molecule has 4 bridgehead atoms. The number of nitrogens with zero attached hydrogens (tertiary/aromatic N) is 1. The summed E-state index contributed by atoms with van der Waals surface area (Å²) in [5.74, 6) is 0.182. The van der Waals surface area contributed by atoms with Gasteiger partial charge in [0.15, 0.2) is 0 Å². The molecule has 0 saturated heterocycles. The first-order valence-corrected chi connectivity index (χ1v) is 14.2. The predicted molar refractivity (Wildman–Crippen MR) is 160 cm³/mol. The van der Waals surface area contributed by atoms with E-state index in [1.807, 2.05) is 42.5 Å². The predicted octanol–water partition coefficient (Wildman–Crippen LogP) is 4.56. The Hall–Kier alpha value is -3.81. The van der Waals surface area contributed by atoms with Gasteiger partial charge >= 0.3 is 0 Å². The lowest BCUT2D eigenvalue weighted by Crippen LogP contribution is -2.47. The third-order valence-corrected chi connectivity index (χ3v) is 7.68. The molecule has 1 aliphatic heterocycles. The number of carbonyl (C=O) groups is 2. The van der Waals surface area contributed by atoms with Crippen LogP contribution in [0.1, 0.15) is 49.9 Å². The number of pyridine rings is 1. The van der Waals surface area contributed by atoms with Crippen LogP contribution in [0.2, 0.25) is 0 Å². The van der Waals surface area contributed by atoms with Crippen LogP contribution in [-0.4, -0.2) is 28.9 Å². The molecule has 0 aliphatic carbocycles. The van der Waals surface area contributed by atoms with Gasteiger partial charge in [-0.05, 0) is 40.2 Å². The molecule has 7 nitrogen and oxygen atoms in total. The zero-order valence-corrected chi connectivity index (χ0v) is 23.8. The Balaban J connectivity index is 1.54. The molecule has 2 amide bonds. The maximum absolute atomic E-state index is 13.3. The normalized spacial score (nSPS) is 19.4. The molecule has 0 radical (unpaired) electrons. The van der Waals surface area contributed by atoms with Gasteiger partial charge in [0.2, 0.25) is 11.8 Å². The SMILES string of the molecule is CC(C)[C@@H]1NCc2cccc(c2)CN[C@@H](C(C)C)C(=O)NCc2cccc3cc4cccc(c4nc23)CNC1=O. The number of hydrogen-bond acceptors (Lipinski definition) is 5. The molecular formula is C33H39N5O2.